The van der Waals surface area contributed by atoms with Crippen LogP contribution in [0.1, 0.15) is 51.3 Å². The van der Waals surface area contributed by atoms with E-state index in [1.54, 1.807) is 16.4 Å². The fourth-order valence-corrected chi connectivity index (χ4v) is 7.25. The highest BCUT2D eigenvalue weighted by atomic mass is 32.2. The van der Waals surface area contributed by atoms with Crippen molar-refractivity contribution in [1.82, 2.24) is 4.31 Å². The van der Waals surface area contributed by atoms with Crippen molar-refractivity contribution in [1.29, 1.82) is 0 Å². The predicted molar refractivity (Wildman–Crippen MR) is 115 cm³/mol. The smallest absolute Gasteiger partial charge is 0.246 e. The van der Waals surface area contributed by atoms with Gasteiger partial charge in [-0.1, -0.05) is 48.0 Å². The largest absolute Gasteiger partial charge is 0.473 e. The summed E-state index contributed by atoms with van der Waals surface area (Å²) in [6.45, 7) is 6.17. The van der Waals surface area contributed by atoms with Crippen LogP contribution in [0.3, 0.4) is 0 Å². The van der Waals surface area contributed by atoms with Crippen LogP contribution in [-0.4, -0.2) is 19.0 Å². The number of benzene rings is 3. The molecule has 4 atom stereocenters. The van der Waals surface area contributed by atoms with Crippen molar-refractivity contribution in [2.45, 2.75) is 49.8 Å². The van der Waals surface area contributed by atoms with Crippen LogP contribution in [0.4, 0.5) is 0 Å². The number of aryl methyl sites for hydroxylation is 3. The lowest BCUT2D eigenvalue weighted by molar-refractivity contribution is 0.0801. The lowest BCUT2D eigenvalue weighted by atomic mass is 9.84. The summed E-state index contributed by atoms with van der Waals surface area (Å²) < 4.78 is 35.7. The monoisotopic (exact) mass is 417 g/mol. The van der Waals surface area contributed by atoms with E-state index in [4.69, 9.17) is 4.74 Å². The van der Waals surface area contributed by atoms with Crippen molar-refractivity contribution in [3.8, 4) is 5.75 Å². The fraction of sp³-hybridized carbons (Fsp3) is 0.280. The van der Waals surface area contributed by atoms with E-state index in [0.29, 0.717) is 4.90 Å². The van der Waals surface area contributed by atoms with Crippen LogP contribution in [0.2, 0.25) is 0 Å². The number of hydrogen-bond acceptors (Lipinski definition) is 3. The Bertz CT molecular complexity index is 1300. The lowest BCUT2D eigenvalue weighted by Gasteiger charge is -2.36. The molecule has 4 nitrogen and oxygen atoms in total. The third kappa shape index (κ3) is 2.22. The molecule has 0 saturated carbocycles. The maximum absolute atomic E-state index is 13.8. The summed E-state index contributed by atoms with van der Waals surface area (Å²) in [5.74, 6) is 0.896. The molecular weight excluding hydrogens is 394 g/mol. The molecule has 0 N–H and O–H groups in total. The van der Waals surface area contributed by atoms with E-state index in [2.05, 4.69) is 32.0 Å². The van der Waals surface area contributed by atoms with Crippen LogP contribution in [0.25, 0.3) is 0 Å². The van der Waals surface area contributed by atoms with E-state index >= 15 is 0 Å². The first-order valence-electron chi connectivity index (χ1n) is 10.3. The van der Waals surface area contributed by atoms with Crippen LogP contribution in [0.5, 0.6) is 5.75 Å². The standard InChI is InChI=1S/C25H23NO3S/c1-14-8-10-17(11-9-14)30(27,28)26-24-20-13-16(3)15(2)12-19(20)23-22(24)18-6-4-5-7-21(18)29-25(23)26/h4-13,22-25H,1-3H3/t22-,23-,24+,25+/m0/s1. The lowest BCUT2D eigenvalue weighted by Crippen LogP contribution is -2.45. The van der Waals surface area contributed by atoms with Crippen molar-refractivity contribution >= 4 is 10.0 Å². The van der Waals surface area contributed by atoms with Gasteiger partial charge in [0.05, 0.1) is 10.9 Å². The molecule has 0 aromatic heterocycles. The predicted octanol–water partition coefficient (Wildman–Crippen LogP) is 4.96. The molecule has 3 aromatic rings. The molecule has 152 valence electrons. The molecule has 0 amide bonds. The minimum atomic E-state index is -3.72. The van der Waals surface area contributed by atoms with Crippen molar-refractivity contribution in [2.24, 2.45) is 0 Å². The molecule has 6 rings (SSSR count). The summed E-state index contributed by atoms with van der Waals surface area (Å²) in [7, 11) is -3.72. The second kappa shape index (κ2) is 5.96. The van der Waals surface area contributed by atoms with Crippen molar-refractivity contribution < 1.29 is 13.2 Å². The van der Waals surface area contributed by atoms with Gasteiger partial charge in [-0.05, 0) is 61.2 Å². The van der Waals surface area contributed by atoms with Crippen LogP contribution < -0.4 is 4.74 Å². The van der Waals surface area contributed by atoms with E-state index in [9.17, 15) is 8.42 Å². The van der Waals surface area contributed by atoms with Crippen molar-refractivity contribution in [3.05, 3.63) is 94.0 Å². The minimum Gasteiger partial charge on any atom is -0.473 e. The van der Waals surface area contributed by atoms with E-state index in [1.807, 2.05) is 37.3 Å². The molecule has 0 radical (unpaired) electrons. The van der Waals surface area contributed by atoms with Crippen LogP contribution in [0, 0.1) is 20.8 Å². The van der Waals surface area contributed by atoms with Gasteiger partial charge in [0.25, 0.3) is 0 Å². The average Bonchev–Trinajstić information content (AvgIpc) is 3.16. The molecule has 30 heavy (non-hydrogen) atoms. The van der Waals surface area contributed by atoms with Gasteiger partial charge in [-0.25, -0.2) is 8.42 Å². The maximum Gasteiger partial charge on any atom is 0.246 e. The number of fused-ring (bicyclic) bond motifs is 3. The van der Waals surface area contributed by atoms with E-state index in [1.165, 1.54) is 16.7 Å². The Morgan fingerprint density at radius 3 is 2.20 bits per heavy atom. The molecule has 5 heteroatoms. The fourth-order valence-electron chi connectivity index (χ4n) is 5.53. The van der Waals surface area contributed by atoms with Gasteiger partial charge in [-0.2, -0.15) is 4.31 Å². The molecule has 1 fully saturated rings. The first kappa shape index (κ1) is 18.2. The summed E-state index contributed by atoms with van der Waals surface area (Å²) in [6, 6.07) is 19.3. The summed E-state index contributed by atoms with van der Waals surface area (Å²) in [5.41, 5.74) is 6.94. The minimum absolute atomic E-state index is 0.0134. The Hall–Kier alpha value is -2.63. The summed E-state index contributed by atoms with van der Waals surface area (Å²) >= 11 is 0. The van der Waals surface area contributed by atoms with Crippen LogP contribution in [-0.2, 0) is 10.0 Å². The molecule has 1 saturated heterocycles. The summed E-state index contributed by atoms with van der Waals surface area (Å²) in [5, 5.41) is 0. The second-order valence-corrected chi connectivity index (χ2v) is 10.6. The van der Waals surface area contributed by atoms with Gasteiger partial charge in [0, 0.05) is 17.4 Å². The number of ether oxygens (including phenoxy) is 1. The van der Waals surface area contributed by atoms with Gasteiger partial charge in [-0.15, -0.1) is 0 Å². The van der Waals surface area contributed by atoms with Crippen LogP contribution >= 0.6 is 0 Å². The highest BCUT2D eigenvalue weighted by Gasteiger charge is 2.64. The Kier molecular flexibility index (Phi) is 3.61. The van der Waals surface area contributed by atoms with E-state index in [0.717, 1.165) is 22.4 Å². The van der Waals surface area contributed by atoms with Crippen LogP contribution in [0.15, 0.2) is 65.6 Å². The van der Waals surface area contributed by atoms with Gasteiger partial charge in [0.15, 0.2) is 6.23 Å². The Balaban J connectivity index is 1.58. The van der Waals surface area contributed by atoms with Gasteiger partial charge >= 0.3 is 0 Å². The molecule has 2 aliphatic heterocycles. The first-order valence-corrected chi connectivity index (χ1v) is 11.8. The third-order valence-electron chi connectivity index (χ3n) is 7.06. The molecule has 2 heterocycles. The summed E-state index contributed by atoms with van der Waals surface area (Å²) in [6.07, 6.45) is -0.518. The number of hydrogen-bond donors (Lipinski definition) is 0. The molecule has 4 bridgehead atoms. The van der Waals surface area contributed by atoms with Gasteiger partial charge in [0.1, 0.15) is 5.75 Å². The first-order chi connectivity index (χ1) is 14.4. The highest BCUT2D eigenvalue weighted by Crippen LogP contribution is 2.67. The third-order valence-corrected chi connectivity index (χ3v) is 8.92. The highest BCUT2D eigenvalue weighted by molar-refractivity contribution is 7.89. The molecule has 3 aliphatic rings. The number of rotatable bonds is 2. The Labute approximate surface area is 177 Å². The van der Waals surface area contributed by atoms with Gasteiger partial charge in [-0.3, -0.25) is 0 Å². The van der Waals surface area contributed by atoms with Crippen molar-refractivity contribution in [3.63, 3.8) is 0 Å². The molecule has 0 spiro atoms. The SMILES string of the molecule is Cc1ccc(S(=O)(=O)N2[C@@H]3Oc4ccccc4[C@H]4[C@@H]3c3cc(C)c(C)cc3[C@H]42)cc1. The zero-order chi connectivity index (χ0) is 20.8. The Morgan fingerprint density at radius 2 is 1.47 bits per heavy atom. The number of sulfonamides is 1. The van der Waals surface area contributed by atoms with Gasteiger partial charge in [0.2, 0.25) is 10.0 Å². The molecule has 0 unspecified atom stereocenters. The maximum atomic E-state index is 13.8. The normalized spacial score (nSPS) is 26.2. The zero-order valence-corrected chi connectivity index (χ0v) is 18.0. The summed E-state index contributed by atoms with van der Waals surface area (Å²) in [4.78, 5) is 0.323. The Morgan fingerprint density at radius 1 is 0.800 bits per heavy atom. The number of nitrogens with zero attached hydrogens (tertiary/aromatic N) is 1. The van der Waals surface area contributed by atoms with E-state index in [-0.39, 0.29) is 17.9 Å². The molecular formula is C25H23NO3S. The molecule has 1 aliphatic carbocycles. The van der Waals surface area contributed by atoms with Gasteiger partial charge < -0.3 is 4.74 Å². The number of para-hydroxylation sites is 1. The molecule has 3 aromatic carbocycles. The second-order valence-electron chi connectivity index (χ2n) is 8.76. The topological polar surface area (TPSA) is 46.6 Å². The van der Waals surface area contributed by atoms with Crippen molar-refractivity contribution in [2.75, 3.05) is 0 Å². The quantitative estimate of drug-likeness (QED) is 0.592. The van der Waals surface area contributed by atoms with E-state index < -0.39 is 16.3 Å². The zero-order valence-electron chi connectivity index (χ0n) is 17.2. The average molecular weight is 418 g/mol.